The van der Waals surface area contributed by atoms with Gasteiger partial charge in [-0.15, -0.1) is 11.3 Å². The molecule has 0 amide bonds. The smallest absolute Gasteiger partial charge is 0.171 e. The summed E-state index contributed by atoms with van der Waals surface area (Å²) in [6.45, 7) is 6.25. The molecule has 0 fully saturated rings. The summed E-state index contributed by atoms with van der Waals surface area (Å²) in [5.41, 5.74) is 3.49. The van der Waals surface area contributed by atoms with Gasteiger partial charge in [-0.3, -0.25) is 0 Å². The quantitative estimate of drug-likeness (QED) is 0.778. The van der Waals surface area contributed by atoms with Crippen LogP contribution in [0.2, 0.25) is 0 Å². The zero-order chi connectivity index (χ0) is 11.7. The van der Waals surface area contributed by atoms with Crippen molar-refractivity contribution < 1.29 is 0 Å². The Morgan fingerprint density at radius 1 is 1.31 bits per heavy atom. The molecule has 16 heavy (non-hydrogen) atoms. The number of aromatic nitrogens is 2. The van der Waals surface area contributed by atoms with E-state index < -0.39 is 0 Å². The molecule has 0 radical (unpaired) electrons. The predicted octanol–water partition coefficient (Wildman–Crippen LogP) is 4.15. The van der Waals surface area contributed by atoms with Crippen molar-refractivity contribution in [3.05, 3.63) is 32.9 Å². The van der Waals surface area contributed by atoms with Crippen molar-refractivity contribution in [3.63, 3.8) is 0 Å². The molecule has 2 nitrogen and oxygen atoms in total. The fraction of sp³-hybridized carbons (Fsp3) is 0.333. The lowest BCUT2D eigenvalue weighted by atomic mass is 10.2. The minimum Gasteiger partial charge on any atom is -0.232 e. The lowest BCUT2D eigenvalue weighted by Crippen LogP contribution is -1.99. The molecule has 0 N–H and O–H groups in total. The highest BCUT2D eigenvalue weighted by Gasteiger charge is 2.11. The third-order valence-corrected chi connectivity index (χ3v) is 4.25. The van der Waals surface area contributed by atoms with Crippen LogP contribution in [0.1, 0.15) is 23.7 Å². The molecule has 2 rings (SSSR count). The van der Waals surface area contributed by atoms with Gasteiger partial charge in [-0.05, 0) is 53.2 Å². The number of hydrogen-bond donors (Lipinski definition) is 0. The number of aryl methyl sites for hydroxylation is 2. The molecule has 0 atom stereocenters. The first-order valence-corrected chi connectivity index (χ1v) is 6.88. The van der Waals surface area contributed by atoms with Gasteiger partial charge in [0.25, 0.3) is 0 Å². The molecule has 0 saturated carbocycles. The minimum atomic E-state index is 0.828. The Balaban J connectivity index is 2.57. The number of nitrogens with zero attached hydrogens (tertiary/aromatic N) is 2. The highest BCUT2D eigenvalue weighted by Crippen LogP contribution is 2.28. The molecule has 2 aromatic heterocycles. The van der Waals surface area contributed by atoms with Crippen molar-refractivity contribution >= 4 is 27.3 Å². The Bertz CT molecular complexity index is 496. The normalized spacial score (nSPS) is 10.8. The lowest BCUT2D eigenvalue weighted by molar-refractivity contribution is 0.982. The van der Waals surface area contributed by atoms with Crippen LogP contribution in [0.3, 0.4) is 0 Å². The van der Waals surface area contributed by atoms with E-state index in [9.17, 15) is 0 Å². The van der Waals surface area contributed by atoms with Gasteiger partial charge in [-0.25, -0.2) is 9.97 Å². The average Bonchev–Trinajstić information content (AvgIpc) is 2.64. The standard InChI is InChI=1S/C12H13BrN2S/c1-4-9-8(3)14-12(15-11(9)13)10-7(2)5-6-16-10/h5-6H,4H2,1-3H3. The van der Waals surface area contributed by atoms with Gasteiger partial charge >= 0.3 is 0 Å². The van der Waals surface area contributed by atoms with Crippen molar-refractivity contribution in [2.24, 2.45) is 0 Å². The number of hydrogen-bond acceptors (Lipinski definition) is 3. The Morgan fingerprint density at radius 2 is 2.06 bits per heavy atom. The molecule has 0 saturated heterocycles. The van der Waals surface area contributed by atoms with Crippen LogP contribution in [-0.2, 0) is 6.42 Å². The fourth-order valence-electron chi connectivity index (χ4n) is 1.67. The lowest BCUT2D eigenvalue weighted by Gasteiger charge is -2.07. The second kappa shape index (κ2) is 4.63. The summed E-state index contributed by atoms with van der Waals surface area (Å²) in [6, 6.07) is 2.10. The molecule has 84 valence electrons. The van der Waals surface area contributed by atoms with E-state index in [4.69, 9.17) is 0 Å². The topological polar surface area (TPSA) is 25.8 Å². The first-order chi connectivity index (χ1) is 7.63. The van der Waals surface area contributed by atoms with E-state index in [1.807, 2.05) is 6.92 Å². The van der Waals surface area contributed by atoms with Crippen molar-refractivity contribution in [2.45, 2.75) is 27.2 Å². The van der Waals surface area contributed by atoms with E-state index in [2.05, 4.69) is 51.2 Å². The third-order valence-electron chi connectivity index (χ3n) is 2.58. The molecule has 0 aliphatic heterocycles. The Hall–Kier alpha value is -0.740. The average molecular weight is 297 g/mol. The Labute approximate surface area is 108 Å². The number of rotatable bonds is 2. The zero-order valence-corrected chi connectivity index (χ0v) is 11.9. The van der Waals surface area contributed by atoms with Gasteiger partial charge in [0.15, 0.2) is 5.82 Å². The molecular formula is C12H13BrN2S. The van der Waals surface area contributed by atoms with Crippen molar-refractivity contribution in [3.8, 4) is 10.7 Å². The molecular weight excluding hydrogens is 284 g/mol. The minimum absolute atomic E-state index is 0.828. The summed E-state index contributed by atoms with van der Waals surface area (Å²) in [5.74, 6) is 0.828. The van der Waals surface area contributed by atoms with Crippen molar-refractivity contribution in [1.82, 2.24) is 9.97 Å². The molecule has 2 aromatic rings. The van der Waals surface area contributed by atoms with Crippen LogP contribution in [0.25, 0.3) is 10.7 Å². The van der Waals surface area contributed by atoms with Crippen LogP contribution in [-0.4, -0.2) is 9.97 Å². The molecule has 0 bridgehead atoms. The monoisotopic (exact) mass is 296 g/mol. The van der Waals surface area contributed by atoms with E-state index in [0.29, 0.717) is 0 Å². The first kappa shape index (κ1) is 11.7. The van der Waals surface area contributed by atoms with Crippen molar-refractivity contribution in [1.29, 1.82) is 0 Å². The Morgan fingerprint density at radius 3 is 2.56 bits per heavy atom. The van der Waals surface area contributed by atoms with Crippen LogP contribution >= 0.6 is 27.3 Å². The predicted molar refractivity (Wildman–Crippen MR) is 71.9 cm³/mol. The van der Waals surface area contributed by atoms with Gasteiger partial charge in [0, 0.05) is 11.3 Å². The number of halogens is 1. The summed E-state index contributed by atoms with van der Waals surface area (Å²) >= 11 is 5.21. The van der Waals surface area contributed by atoms with Crippen LogP contribution < -0.4 is 0 Å². The largest absolute Gasteiger partial charge is 0.232 e. The molecule has 0 aliphatic rings. The van der Waals surface area contributed by atoms with Gasteiger partial charge in [-0.1, -0.05) is 6.92 Å². The zero-order valence-electron chi connectivity index (χ0n) is 9.54. The first-order valence-electron chi connectivity index (χ1n) is 5.21. The van der Waals surface area contributed by atoms with E-state index in [0.717, 1.165) is 27.4 Å². The Kier molecular flexibility index (Phi) is 3.40. The fourth-order valence-corrected chi connectivity index (χ4v) is 3.26. The SMILES string of the molecule is CCc1c(C)nc(-c2sccc2C)nc1Br. The molecule has 0 unspecified atom stereocenters. The third kappa shape index (κ3) is 2.04. The second-order valence-electron chi connectivity index (χ2n) is 3.69. The molecule has 0 spiro atoms. The summed E-state index contributed by atoms with van der Waals surface area (Å²) in [7, 11) is 0. The summed E-state index contributed by atoms with van der Waals surface area (Å²) < 4.78 is 0.922. The molecule has 2 heterocycles. The van der Waals surface area contributed by atoms with Gasteiger partial charge in [0.05, 0.1) is 4.88 Å². The van der Waals surface area contributed by atoms with E-state index in [1.165, 1.54) is 11.1 Å². The maximum Gasteiger partial charge on any atom is 0.171 e. The van der Waals surface area contributed by atoms with Crippen molar-refractivity contribution in [2.75, 3.05) is 0 Å². The highest BCUT2D eigenvalue weighted by atomic mass is 79.9. The van der Waals surface area contributed by atoms with Crippen LogP contribution in [0.5, 0.6) is 0 Å². The summed E-state index contributed by atoms with van der Waals surface area (Å²) in [5, 5.41) is 2.07. The molecule has 0 aromatic carbocycles. The second-order valence-corrected chi connectivity index (χ2v) is 5.36. The van der Waals surface area contributed by atoms with E-state index >= 15 is 0 Å². The van der Waals surface area contributed by atoms with Gasteiger partial charge in [0.2, 0.25) is 0 Å². The van der Waals surface area contributed by atoms with E-state index in [1.54, 1.807) is 11.3 Å². The maximum absolute atomic E-state index is 4.58. The maximum atomic E-state index is 4.58. The molecule has 4 heteroatoms. The van der Waals surface area contributed by atoms with Crippen LogP contribution in [0.4, 0.5) is 0 Å². The summed E-state index contributed by atoms with van der Waals surface area (Å²) in [4.78, 5) is 10.3. The van der Waals surface area contributed by atoms with Crippen LogP contribution in [0.15, 0.2) is 16.0 Å². The van der Waals surface area contributed by atoms with Crippen LogP contribution in [0, 0.1) is 13.8 Å². The van der Waals surface area contributed by atoms with Gasteiger partial charge in [0.1, 0.15) is 4.60 Å². The van der Waals surface area contributed by atoms with E-state index in [-0.39, 0.29) is 0 Å². The number of thiophene rings is 1. The van der Waals surface area contributed by atoms with Gasteiger partial charge < -0.3 is 0 Å². The van der Waals surface area contributed by atoms with Gasteiger partial charge in [-0.2, -0.15) is 0 Å². The highest BCUT2D eigenvalue weighted by molar-refractivity contribution is 9.10. The molecule has 0 aliphatic carbocycles. The summed E-state index contributed by atoms with van der Waals surface area (Å²) in [6.07, 6.45) is 0.954.